The summed E-state index contributed by atoms with van der Waals surface area (Å²) >= 11 is 0. The van der Waals surface area contributed by atoms with Crippen molar-refractivity contribution >= 4 is 62.6 Å². The molecule has 542 valence electrons. The fourth-order valence-corrected chi connectivity index (χ4v) is 18.2. The molecular formula is C100H69F9N2. The number of anilines is 5. The van der Waals surface area contributed by atoms with Crippen molar-refractivity contribution in [2.45, 2.75) is 61.4 Å². The molecule has 0 fully saturated rings. The van der Waals surface area contributed by atoms with Gasteiger partial charge in [0, 0.05) is 62.9 Å². The minimum atomic E-state index is -2.25. The summed E-state index contributed by atoms with van der Waals surface area (Å²) in [6.45, 7) is 7.86. The third-order valence-corrected chi connectivity index (χ3v) is 23.2. The van der Waals surface area contributed by atoms with Gasteiger partial charge in [0.2, 0.25) is 5.82 Å². The molecule has 13 aromatic rings. The van der Waals surface area contributed by atoms with E-state index in [0.717, 1.165) is 96.5 Å². The molecule has 11 heteroatoms. The van der Waals surface area contributed by atoms with Crippen LogP contribution in [0.3, 0.4) is 0 Å². The number of hydrogen-bond donors (Lipinski definition) is 0. The van der Waals surface area contributed by atoms with Gasteiger partial charge in [0.1, 0.15) is 12.0 Å². The van der Waals surface area contributed by atoms with Crippen LogP contribution < -0.4 is 9.80 Å². The molecule has 0 N–H and O–H groups in total. The molecule has 0 amide bonds. The summed E-state index contributed by atoms with van der Waals surface area (Å²) in [5, 5.41) is 1.81. The maximum absolute atomic E-state index is 17.4. The SMILES string of the molecule is C=Cc1ccc(CC2(C3=C(F)C(F)=C(F)CC3F)c3ccccc3-c3ccc(N(c4ccc(-c5ccccc5)cc4)c4ccc(C5CC=C(N(c6ccc(C7=CCCC=C7)cc6)c6ccc7c(c6)C(Cc6ccc(C=C)cc6)(c6c(F)c(F)c(F)c(F)c6F)c6ccccc6-7)c6ccccc65)c5ccccc45)cc32)cc1. The first-order valence-corrected chi connectivity index (χ1v) is 37.2. The molecule has 5 aliphatic carbocycles. The van der Waals surface area contributed by atoms with E-state index in [4.69, 9.17) is 0 Å². The zero-order valence-electron chi connectivity index (χ0n) is 60.1. The summed E-state index contributed by atoms with van der Waals surface area (Å²) in [6, 6.07) is 88.1. The maximum Gasteiger partial charge on any atom is 0.200 e. The van der Waals surface area contributed by atoms with Crippen LogP contribution in [0.1, 0.15) is 104 Å². The van der Waals surface area contributed by atoms with Gasteiger partial charge in [0.15, 0.2) is 34.9 Å². The number of rotatable bonds is 17. The number of benzene rings is 13. The fraction of sp³-hybridized carbons (Fsp3) is 0.100. The Morgan fingerprint density at radius 1 is 0.396 bits per heavy atom. The van der Waals surface area contributed by atoms with E-state index in [1.165, 1.54) is 0 Å². The molecule has 0 bridgehead atoms. The lowest BCUT2D eigenvalue weighted by Crippen LogP contribution is -2.37. The maximum atomic E-state index is 17.4. The van der Waals surface area contributed by atoms with Gasteiger partial charge in [-0.25, -0.2) is 39.5 Å². The first-order valence-electron chi connectivity index (χ1n) is 37.2. The number of alkyl halides is 1. The normalized spacial score (nSPS) is 18.0. The molecule has 0 aliphatic heterocycles. The second-order valence-electron chi connectivity index (χ2n) is 29.1. The van der Waals surface area contributed by atoms with Crippen LogP contribution in [-0.4, -0.2) is 6.17 Å². The first kappa shape index (κ1) is 70.0. The van der Waals surface area contributed by atoms with Crippen LogP contribution in [0.15, 0.2) is 334 Å². The van der Waals surface area contributed by atoms with Gasteiger partial charge in [-0.2, -0.15) is 0 Å². The summed E-state index contributed by atoms with van der Waals surface area (Å²) in [5.74, 6) is -15.2. The summed E-state index contributed by atoms with van der Waals surface area (Å²) in [7, 11) is 0. The van der Waals surface area contributed by atoms with Gasteiger partial charge in [-0.3, -0.25) is 0 Å². The lowest BCUT2D eigenvalue weighted by molar-refractivity contribution is 0.292. The van der Waals surface area contributed by atoms with Crippen LogP contribution in [0, 0.1) is 29.1 Å². The Morgan fingerprint density at radius 2 is 0.892 bits per heavy atom. The van der Waals surface area contributed by atoms with E-state index in [1.54, 1.807) is 54.6 Å². The standard InChI is InChI=1S/C100H69F9N2/c1-3-60-31-35-62(36-32-60)58-99(90-86(101)57-87(102)92(103)93(90)104)82-29-17-15-25-76(82)78-49-47-70(55-84(78)99)110(68-43-39-66(40-44-68)64-19-7-5-8-20-64)88-53-51-74(72-23-11-13-27-80(72)88)75-52-54-89(81-28-14-12-24-73(75)81)111(69-45-41-67(42-46-69)65-21-9-6-10-22-65)71-48-50-79-77-26-16-18-30-83(77)100(85(79)56-71,59-63-37-33-61(4-2)34-38-63)91-94(105)96(107)98(109)97(108)95(91)106/h3-5,7-9,11-51,53-56,75,86H,1-2,6,10,52,57-59H2. The molecule has 2 nitrogen and oxygen atoms in total. The van der Waals surface area contributed by atoms with Gasteiger partial charge in [0.25, 0.3) is 0 Å². The zero-order chi connectivity index (χ0) is 76.0. The fourth-order valence-electron chi connectivity index (χ4n) is 18.2. The average Bonchev–Trinajstić information content (AvgIpc) is 1.55. The Labute approximate surface area is 638 Å². The van der Waals surface area contributed by atoms with E-state index in [0.29, 0.717) is 73.4 Å². The molecule has 18 rings (SSSR count). The van der Waals surface area contributed by atoms with E-state index in [9.17, 15) is 0 Å². The highest BCUT2D eigenvalue weighted by molar-refractivity contribution is 6.03. The Hall–Kier alpha value is -12.7. The average molecular weight is 1470 g/mol. The van der Waals surface area contributed by atoms with Crippen molar-refractivity contribution in [3.63, 3.8) is 0 Å². The van der Waals surface area contributed by atoms with E-state index in [-0.39, 0.29) is 18.8 Å². The zero-order valence-corrected chi connectivity index (χ0v) is 60.1. The van der Waals surface area contributed by atoms with Crippen molar-refractivity contribution in [1.82, 2.24) is 0 Å². The lowest BCUT2D eigenvalue weighted by Gasteiger charge is -2.39. The van der Waals surface area contributed by atoms with Crippen molar-refractivity contribution < 1.29 is 39.5 Å². The molecule has 0 heterocycles. The van der Waals surface area contributed by atoms with Crippen LogP contribution >= 0.6 is 0 Å². The number of fused-ring (bicyclic) bond motifs is 8. The smallest absolute Gasteiger partial charge is 0.200 e. The second-order valence-corrected chi connectivity index (χ2v) is 29.1. The Bertz CT molecular complexity index is 6100. The summed E-state index contributed by atoms with van der Waals surface area (Å²) in [6.07, 6.45) is 11.0. The largest absolute Gasteiger partial charge is 0.310 e. The van der Waals surface area contributed by atoms with Crippen LogP contribution in [0.2, 0.25) is 0 Å². The highest BCUT2D eigenvalue weighted by atomic mass is 19.2. The molecule has 0 aromatic heterocycles. The summed E-state index contributed by atoms with van der Waals surface area (Å²) < 4.78 is 149. The topological polar surface area (TPSA) is 6.48 Å². The molecule has 0 spiro atoms. The minimum Gasteiger partial charge on any atom is -0.310 e. The number of hydrogen-bond acceptors (Lipinski definition) is 2. The van der Waals surface area contributed by atoms with E-state index in [2.05, 4.69) is 120 Å². The van der Waals surface area contributed by atoms with Crippen LogP contribution in [-0.2, 0) is 23.7 Å². The van der Waals surface area contributed by atoms with Crippen molar-refractivity contribution in [2.75, 3.05) is 9.80 Å². The van der Waals surface area contributed by atoms with Crippen molar-refractivity contribution in [2.24, 2.45) is 0 Å². The molecule has 5 aliphatic rings. The number of nitrogens with zero attached hydrogens (tertiary/aromatic N) is 2. The number of allylic oxidation sites excluding steroid dienone is 9. The molecular weight excluding hydrogens is 1400 g/mol. The first-order chi connectivity index (χ1) is 54.2. The number of halogens is 9. The van der Waals surface area contributed by atoms with Crippen molar-refractivity contribution in [3.8, 4) is 33.4 Å². The molecule has 4 atom stereocenters. The predicted molar refractivity (Wildman–Crippen MR) is 431 cm³/mol. The molecule has 0 saturated carbocycles. The van der Waals surface area contributed by atoms with Crippen molar-refractivity contribution in [3.05, 3.63) is 435 Å². The Morgan fingerprint density at radius 3 is 1.50 bits per heavy atom. The molecule has 13 aromatic carbocycles. The third-order valence-electron chi connectivity index (χ3n) is 23.2. The van der Waals surface area contributed by atoms with Crippen LogP contribution in [0.4, 0.5) is 68.0 Å². The predicted octanol–water partition coefficient (Wildman–Crippen LogP) is 27.6. The monoisotopic (exact) mass is 1470 g/mol. The van der Waals surface area contributed by atoms with Gasteiger partial charge in [-0.15, -0.1) is 0 Å². The Balaban J connectivity index is 0.806. The highest BCUT2D eigenvalue weighted by Gasteiger charge is 2.54. The summed E-state index contributed by atoms with van der Waals surface area (Å²) in [4.78, 5) is 4.27. The van der Waals surface area contributed by atoms with Gasteiger partial charge in [-0.1, -0.05) is 268 Å². The van der Waals surface area contributed by atoms with Gasteiger partial charge < -0.3 is 9.80 Å². The van der Waals surface area contributed by atoms with Gasteiger partial charge in [-0.05, 0) is 192 Å². The van der Waals surface area contributed by atoms with Gasteiger partial charge in [0.05, 0.1) is 16.5 Å². The molecule has 0 radical (unpaired) electrons. The Kier molecular flexibility index (Phi) is 17.7. The lowest BCUT2D eigenvalue weighted by atomic mass is 9.65. The molecule has 111 heavy (non-hydrogen) atoms. The minimum absolute atomic E-state index is 0.00162. The molecule has 0 saturated heterocycles. The van der Waals surface area contributed by atoms with Crippen molar-refractivity contribution in [1.29, 1.82) is 0 Å². The van der Waals surface area contributed by atoms with E-state index in [1.807, 2.05) is 158 Å². The van der Waals surface area contributed by atoms with Crippen LogP contribution in [0.5, 0.6) is 0 Å². The van der Waals surface area contributed by atoms with E-state index < -0.39 is 81.1 Å². The third kappa shape index (κ3) is 11.5. The summed E-state index contributed by atoms with van der Waals surface area (Å²) in [5.41, 5.74) is 13.3. The van der Waals surface area contributed by atoms with E-state index >= 15 is 39.5 Å². The second kappa shape index (κ2) is 28.1. The van der Waals surface area contributed by atoms with Crippen LogP contribution in [0.25, 0.3) is 67.6 Å². The highest BCUT2D eigenvalue weighted by Crippen LogP contribution is 2.62. The molecule has 4 unspecified atom stereocenters. The quantitative estimate of drug-likeness (QED) is 0.0509. The van der Waals surface area contributed by atoms with Gasteiger partial charge >= 0.3 is 0 Å².